The Kier molecular flexibility index (Phi) is 5.32. The van der Waals surface area contributed by atoms with Gasteiger partial charge in [0.05, 0.1) is 0 Å². The normalized spacial score (nSPS) is 11.2. The van der Waals surface area contributed by atoms with E-state index >= 15 is 0 Å². The highest BCUT2D eigenvalue weighted by atomic mass is 16.6. The quantitative estimate of drug-likeness (QED) is 0.703. The van der Waals surface area contributed by atoms with Crippen LogP contribution in [0, 0.1) is 12.8 Å². The molecule has 86 valence electrons. The van der Waals surface area contributed by atoms with E-state index in [2.05, 4.69) is 34.1 Å². The molecule has 0 saturated heterocycles. The minimum atomic E-state index is 0.761. The average Bonchev–Trinajstić information content (AvgIpc) is 2.57. The second-order valence-electron chi connectivity index (χ2n) is 4.36. The summed E-state index contributed by atoms with van der Waals surface area (Å²) >= 11 is 0. The molecule has 0 aliphatic rings. The number of unbranched alkanes of at least 4 members (excludes halogenated alkanes) is 1. The zero-order chi connectivity index (χ0) is 11.1. The van der Waals surface area contributed by atoms with Crippen LogP contribution in [0.1, 0.15) is 44.5 Å². The molecule has 0 aliphatic carbocycles. The molecule has 0 amide bonds. The zero-order valence-corrected chi connectivity index (χ0v) is 9.92. The summed E-state index contributed by atoms with van der Waals surface area (Å²) in [7, 11) is 0. The third kappa shape index (κ3) is 4.93. The summed E-state index contributed by atoms with van der Waals surface area (Å²) in [6.07, 6.45) is 3.83. The van der Waals surface area contributed by atoms with E-state index < -0.39 is 0 Å². The van der Waals surface area contributed by atoms with Crippen LogP contribution in [0.3, 0.4) is 0 Å². The van der Waals surface area contributed by atoms with Gasteiger partial charge in [-0.25, -0.2) is 4.63 Å². The Bertz CT molecular complexity index is 271. The van der Waals surface area contributed by atoms with Crippen LogP contribution < -0.4 is 5.32 Å². The molecular weight excluding hydrogens is 190 g/mol. The lowest BCUT2D eigenvalue weighted by atomic mass is 10.1. The van der Waals surface area contributed by atoms with E-state index in [0.29, 0.717) is 0 Å². The van der Waals surface area contributed by atoms with Gasteiger partial charge >= 0.3 is 0 Å². The Balaban J connectivity index is 2.00. The van der Waals surface area contributed by atoms with Gasteiger partial charge < -0.3 is 5.32 Å². The third-order valence-corrected chi connectivity index (χ3v) is 2.42. The predicted octanol–water partition coefficient (Wildman–Crippen LogP) is 2.29. The van der Waals surface area contributed by atoms with Crippen molar-refractivity contribution in [1.29, 1.82) is 0 Å². The van der Waals surface area contributed by atoms with Crippen LogP contribution in [0.4, 0.5) is 0 Å². The minimum Gasteiger partial charge on any atom is -0.311 e. The second-order valence-corrected chi connectivity index (χ2v) is 4.36. The zero-order valence-electron chi connectivity index (χ0n) is 9.92. The Hall–Kier alpha value is -0.900. The number of hydrogen-bond donors (Lipinski definition) is 1. The van der Waals surface area contributed by atoms with Gasteiger partial charge in [0.2, 0.25) is 0 Å². The van der Waals surface area contributed by atoms with Gasteiger partial charge in [0.25, 0.3) is 0 Å². The fourth-order valence-corrected chi connectivity index (χ4v) is 1.42. The number of nitrogens with one attached hydrogen (secondary N) is 1. The van der Waals surface area contributed by atoms with Gasteiger partial charge in [-0.3, -0.25) is 0 Å². The first-order chi connectivity index (χ1) is 7.20. The molecule has 1 aromatic heterocycles. The molecule has 15 heavy (non-hydrogen) atoms. The Morgan fingerprint density at radius 2 is 2.07 bits per heavy atom. The number of aryl methyl sites for hydroxylation is 1. The number of nitrogens with zero attached hydrogens (tertiary/aromatic N) is 2. The monoisotopic (exact) mass is 211 g/mol. The minimum absolute atomic E-state index is 0.761. The van der Waals surface area contributed by atoms with E-state index in [1.165, 1.54) is 19.3 Å². The average molecular weight is 211 g/mol. The first-order valence-electron chi connectivity index (χ1n) is 5.69. The van der Waals surface area contributed by atoms with E-state index in [4.69, 9.17) is 0 Å². The Labute approximate surface area is 91.4 Å². The topological polar surface area (TPSA) is 51.0 Å². The van der Waals surface area contributed by atoms with E-state index in [-0.39, 0.29) is 0 Å². The highest BCUT2D eigenvalue weighted by Crippen LogP contribution is 2.05. The van der Waals surface area contributed by atoms with Crippen molar-refractivity contribution in [2.45, 2.75) is 46.6 Å². The fraction of sp³-hybridized carbons (Fsp3) is 0.818. The van der Waals surface area contributed by atoms with Crippen molar-refractivity contribution >= 4 is 0 Å². The smallest absolute Gasteiger partial charge is 0.121 e. The van der Waals surface area contributed by atoms with Crippen molar-refractivity contribution in [3.05, 3.63) is 11.4 Å². The lowest BCUT2D eigenvalue weighted by molar-refractivity contribution is 0.300. The molecule has 1 heterocycles. The van der Waals surface area contributed by atoms with Crippen molar-refractivity contribution in [2.75, 3.05) is 6.54 Å². The van der Waals surface area contributed by atoms with Gasteiger partial charge in [0, 0.05) is 6.54 Å². The third-order valence-electron chi connectivity index (χ3n) is 2.42. The summed E-state index contributed by atoms with van der Waals surface area (Å²) in [5, 5.41) is 10.9. The van der Waals surface area contributed by atoms with Crippen LogP contribution in [0.15, 0.2) is 4.63 Å². The molecule has 0 unspecified atom stereocenters. The molecule has 0 aromatic carbocycles. The van der Waals surface area contributed by atoms with Crippen LogP contribution in [-0.4, -0.2) is 16.9 Å². The highest BCUT2D eigenvalue weighted by molar-refractivity contribution is 5.03. The second kappa shape index (κ2) is 6.56. The lowest BCUT2D eigenvalue weighted by Crippen LogP contribution is -2.15. The Morgan fingerprint density at radius 3 is 2.67 bits per heavy atom. The molecule has 4 nitrogen and oxygen atoms in total. The predicted molar refractivity (Wildman–Crippen MR) is 59.4 cm³/mol. The molecule has 0 fully saturated rings. The fourth-order valence-electron chi connectivity index (χ4n) is 1.42. The number of rotatable bonds is 7. The van der Waals surface area contributed by atoms with Crippen molar-refractivity contribution in [3.8, 4) is 0 Å². The van der Waals surface area contributed by atoms with E-state index in [9.17, 15) is 0 Å². The molecule has 0 atom stereocenters. The summed E-state index contributed by atoms with van der Waals surface area (Å²) in [6, 6.07) is 0. The van der Waals surface area contributed by atoms with E-state index in [1.54, 1.807) is 0 Å². The first kappa shape index (κ1) is 12.2. The van der Waals surface area contributed by atoms with Crippen LogP contribution in [0.2, 0.25) is 0 Å². The van der Waals surface area contributed by atoms with Crippen LogP contribution in [0.5, 0.6) is 0 Å². The summed E-state index contributed by atoms with van der Waals surface area (Å²) in [6.45, 7) is 8.23. The molecule has 0 bridgehead atoms. The van der Waals surface area contributed by atoms with Crippen molar-refractivity contribution < 1.29 is 4.63 Å². The maximum absolute atomic E-state index is 4.61. The van der Waals surface area contributed by atoms with Crippen molar-refractivity contribution in [3.63, 3.8) is 0 Å². The summed E-state index contributed by atoms with van der Waals surface area (Å²) < 4.78 is 4.61. The maximum atomic E-state index is 4.61. The van der Waals surface area contributed by atoms with E-state index in [1.807, 2.05) is 6.92 Å². The van der Waals surface area contributed by atoms with Crippen molar-refractivity contribution in [2.24, 2.45) is 5.92 Å². The molecule has 0 saturated carbocycles. The van der Waals surface area contributed by atoms with Crippen LogP contribution in [0.25, 0.3) is 0 Å². The maximum Gasteiger partial charge on any atom is 0.121 e. The van der Waals surface area contributed by atoms with Gasteiger partial charge in [-0.2, -0.15) is 0 Å². The molecule has 1 N–H and O–H groups in total. The highest BCUT2D eigenvalue weighted by Gasteiger charge is 2.03. The SMILES string of the molecule is Cc1nonc1CNCCCCC(C)C. The lowest BCUT2D eigenvalue weighted by Gasteiger charge is -2.04. The molecule has 0 radical (unpaired) electrons. The molecule has 4 heteroatoms. The standard InChI is InChI=1S/C11H21N3O/c1-9(2)6-4-5-7-12-8-11-10(3)13-15-14-11/h9,12H,4-8H2,1-3H3. The van der Waals surface area contributed by atoms with Gasteiger partial charge in [0.15, 0.2) is 0 Å². The molecule has 1 aromatic rings. The van der Waals surface area contributed by atoms with Crippen LogP contribution in [-0.2, 0) is 6.54 Å². The first-order valence-corrected chi connectivity index (χ1v) is 5.69. The van der Waals surface area contributed by atoms with Gasteiger partial charge in [0.1, 0.15) is 11.4 Å². The summed E-state index contributed by atoms with van der Waals surface area (Å²) in [5.41, 5.74) is 1.79. The van der Waals surface area contributed by atoms with E-state index in [0.717, 1.165) is 30.4 Å². The molecule has 0 aliphatic heterocycles. The largest absolute Gasteiger partial charge is 0.311 e. The number of hydrogen-bond acceptors (Lipinski definition) is 4. The molecular formula is C11H21N3O. The molecule has 0 spiro atoms. The Morgan fingerprint density at radius 1 is 1.27 bits per heavy atom. The number of aromatic nitrogens is 2. The van der Waals surface area contributed by atoms with Gasteiger partial charge in [-0.05, 0) is 25.8 Å². The molecule has 1 rings (SSSR count). The summed E-state index contributed by atoms with van der Waals surface area (Å²) in [5.74, 6) is 0.812. The van der Waals surface area contributed by atoms with Crippen LogP contribution >= 0.6 is 0 Å². The van der Waals surface area contributed by atoms with Crippen molar-refractivity contribution in [1.82, 2.24) is 15.6 Å². The van der Waals surface area contributed by atoms with Gasteiger partial charge in [-0.1, -0.05) is 37.0 Å². The summed E-state index contributed by atoms with van der Waals surface area (Å²) in [4.78, 5) is 0. The van der Waals surface area contributed by atoms with Gasteiger partial charge in [-0.15, -0.1) is 0 Å².